The quantitative estimate of drug-likeness (QED) is 0.731. The van der Waals surface area contributed by atoms with Crippen LogP contribution in [0.5, 0.6) is 0 Å². The zero-order valence-electron chi connectivity index (χ0n) is 15.3. The number of nitrogens with zero attached hydrogens (tertiary/aromatic N) is 3. The Morgan fingerprint density at radius 2 is 2.04 bits per heavy atom. The van der Waals surface area contributed by atoms with E-state index >= 15 is 0 Å². The topological polar surface area (TPSA) is 59.3 Å². The normalized spacial score (nSPS) is 17.2. The summed E-state index contributed by atoms with van der Waals surface area (Å²) in [6, 6.07) is 14.6. The number of thioether (sulfide) groups is 1. The molecule has 2 heterocycles. The van der Waals surface area contributed by atoms with Crippen LogP contribution in [0.3, 0.4) is 0 Å². The van der Waals surface area contributed by atoms with Gasteiger partial charge in [0.05, 0.1) is 17.0 Å². The second-order valence-corrected chi connectivity index (χ2v) is 7.38. The van der Waals surface area contributed by atoms with Gasteiger partial charge in [0.15, 0.2) is 0 Å². The smallest absolute Gasteiger partial charge is 0.289 e. The molecule has 1 N–H and O–H groups in total. The first-order valence-electron chi connectivity index (χ1n) is 8.88. The van der Waals surface area contributed by atoms with Crippen LogP contribution in [0.15, 0.2) is 58.6 Å². The van der Waals surface area contributed by atoms with Crippen molar-refractivity contribution in [3.63, 3.8) is 0 Å². The average molecular weight is 376 g/mol. The van der Waals surface area contributed by atoms with E-state index in [1.54, 1.807) is 7.05 Å². The zero-order chi connectivity index (χ0) is 18.8. The van der Waals surface area contributed by atoms with E-state index in [1.165, 1.54) is 22.9 Å². The van der Waals surface area contributed by atoms with Gasteiger partial charge in [-0.1, -0.05) is 37.3 Å². The Morgan fingerprint density at radius 3 is 2.81 bits per heavy atom. The molecule has 0 atom stereocenters. The molecule has 0 radical (unpaired) electrons. The Morgan fingerprint density at radius 1 is 1.22 bits per heavy atom. The van der Waals surface area contributed by atoms with Crippen LogP contribution in [0.4, 0.5) is 4.79 Å². The fraction of sp³-hybridized carbons (Fsp3) is 0.190. The molecule has 0 unspecified atom stereocenters. The van der Waals surface area contributed by atoms with Crippen LogP contribution in [0, 0.1) is 0 Å². The highest BCUT2D eigenvalue weighted by Crippen LogP contribution is 2.27. The number of benzene rings is 2. The number of aliphatic imine (C=N–C) groups is 1. The van der Waals surface area contributed by atoms with Gasteiger partial charge < -0.3 is 5.32 Å². The van der Waals surface area contributed by atoms with E-state index in [0.717, 1.165) is 34.3 Å². The van der Waals surface area contributed by atoms with Crippen molar-refractivity contribution in [2.24, 2.45) is 4.99 Å². The lowest BCUT2D eigenvalue weighted by atomic mass is 10.1. The second kappa shape index (κ2) is 7.40. The number of hydrogen-bond donors (Lipinski definition) is 1. The summed E-state index contributed by atoms with van der Waals surface area (Å²) < 4.78 is 1.99. The molecule has 0 saturated carbocycles. The van der Waals surface area contributed by atoms with Crippen LogP contribution in [0.2, 0.25) is 0 Å². The van der Waals surface area contributed by atoms with Gasteiger partial charge in [-0.2, -0.15) is 5.10 Å². The fourth-order valence-corrected chi connectivity index (χ4v) is 4.03. The second-order valence-electron chi connectivity index (χ2n) is 6.36. The van der Waals surface area contributed by atoms with Crippen molar-refractivity contribution in [1.82, 2.24) is 15.1 Å². The highest BCUT2D eigenvalue weighted by atomic mass is 32.2. The summed E-state index contributed by atoms with van der Waals surface area (Å²) in [6.07, 6.45) is 5.07. The van der Waals surface area contributed by atoms with Crippen LogP contribution in [-0.2, 0) is 13.0 Å². The maximum Gasteiger partial charge on any atom is 0.289 e. The summed E-state index contributed by atoms with van der Waals surface area (Å²) in [4.78, 5) is 16.5. The number of carbonyl (C=O) groups is 1. The number of aryl methyl sites for hydroxylation is 1. The molecule has 4 rings (SSSR count). The van der Waals surface area contributed by atoms with Gasteiger partial charge in [0, 0.05) is 18.6 Å². The van der Waals surface area contributed by atoms with Crippen LogP contribution in [-0.4, -0.2) is 27.9 Å². The highest BCUT2D eigenvalue weighted by Gasteiger charge is 2.22. The van der Waals surface area contributed by atoms with Crippen LogP contribution < -0.4 is 5.32 Å². The predicted molar refractivity (Wildman–Crippen MR) is 112 cm³/mol. The maximum absolute atomic E-state index is 11.6. The molecule has 0 aliphatic carbocycles. The van der Waals surface area contributed by atoms with E-state index in [4.69, 9.17) is 5.10 Å². The first kappa shape index (κ1) is 17.5. The van der Waals surface area contributed by atoms with E-state index in [2.05, 4.69) is 53.8 Å². The molecule has 1 saturated heterocycles. The molecule has 1 aliphatic rings. The number of carbonyl (C=O) groups excluding carboxylic acids is 1. The monoisotopic (exact) mass is 376 g/mol. The standard InChI is InChI=1S/C21H20N4OS/c1-3-15-6-4-5-7-16(15)12-25-13-17-10-14(8-9-18(17)24-25)11-19-20(22-2)23-21(26)27-19/h4-11,13H,3,12H2,1-2H3,(H,22,23,26)/b19-11-. The molecule has 2 aromatic carbocycles. The number of aromatic nitrogens is 2. The minimum Gasteiger partial charge on any atom is -0.300 e. The van der Waals surface area contributed by atoms with Gasteiger partial charge in [0.2, 0.25) is 0 Å². The van der Waals surface area contributed by atoms with Gasteiger partial charge in [-0.05, 0) is 53.1 Å². The first-order chi connectivity index (χ1) is 13.2. The van der Waals surface area contributed by atoms with E-state index in [-0.39, 0.29) is 5.24 Å². The van der Waals surface area contributed by atoms with Gasteiger partial charge in [0.25, 0.3) is 5.24 Å². The molecule has 6 heteroatoms. The van der Waals surface area contributed by atoms with Crippen LogP contribution in [0.25, 0.3) is 17.0 Å². The lowest BCUT2D eigenvalue weighted by Gasteiger charge is -2.07. The lowest BCUT2D eigenvalue weighted by Crippen LogP contribution is -2.18. The number of nitrogens with one attached hydrogen (secondary N) is 1. The number of amides is 1. The Kier molecular flexibility index (Phi) is 4.81. The van der Waals surface area contributed by atoms with Crippen LogP contribution >= 0.6 is 11.8 Å². The van der Waals surface area contributed by atoms with E-state index < -0.39 is 0 Å². The summed E-state index contributed by atoms with van der Waals surface area (Å²) in [6.45, 7) is 2.93. The largest absolute Gasteiger partial charge is 0.300 e. The van der Waals surface area contributed by atoms with Crippen molar-refractivity contribution >= 4 is 39.8 Å². The minimum absolute atomic E-state index is 0.0923. The molecule has 5 nitrogen and oxygen atoms in total. The third kappa shape index (κ3) is 3.66. The lowest BCUT2D eigenvalue weighted by molar-refractivity contribution is 0.265. The number of rotatable bonds is 4. The van der Waals surface area contributed by atoms with Gasteiger partial charge >= 0.3 is 0 Å². The van der Waals surface area contributed by atoms with Crippen molar-refractivity contribution in [3.05, 3.63) is 70.3 Å². The zero-order valence-corrected chi connectivity index (χ0v) is 16.1. The molecule has 27 heavy (non-hydrogen) atoms. The number of fused-ring (bicyclic) bond motifs is 1. The third-order valence-corrected chi connectivity index (χ3v) is 5.40. The first-order valence-corrected chi connectivity index (χ1v) is 9.69. The molecule has 1 aromatic heterocycles. The van der Waals surface area contributed by atoms with E-state index in [1.807, 2.05) is 22.9 Å². The average Bonchev–Trinajstić information content (AvgIpc) is 3.23. The van der Waals surface area contributed by atoms with Crippen molar-refractivity contribution in [3.8, 4) is 0 Å². The summed E-state index contributed by atoms with van der Waals surface area (Å²) in [5, 5.41) is 8.43. The van der Waals surface area contributed by atoms with Crippen LogP contribution in [0.1, 0.15) is 23.6 Å². The van der Waals surface area contributed by atoms with Crippen molar-refractivity contribution in [1.29, 1.82) is 0 Å². The van der Waals surface area contributed by atoms with Gasteiger partial charge in [-0.3, -0.25) is 14.5 Å². The molecule has 1 aliphatic heterocycles. The number of hydrogen-bond acceptors (Lipinski definition) is 4. The molecule has 1 amide bonds. The molecule has 136 valence electrons. The van der Waals surface area contributed by atoms with E-state index in [9.17, 15) is 4.79 Å². The SMILES string of the molecule is CCc1ccccc1Cn1cc2cc(/C=C3\SC(=O)NC3=NC)ccc2n1. The third-order valence-electron chi connectivity index (χ3n) is 4.59. The molecule has 1 fully saturated rings. The molecular formula is C21H20N4OS. The summed E-state index contributed by atoms with van der Waals surface area (Å²) in [5.74, 6) is 0.622. The van der Waals surface area contributed by atoms with Crippen molar-refractivity contribution < 1.29 is 4.79 Å². The van der Waals surface area contributed by atoms with E-state index in [0.29, 0.717) is 5.84 Å². The Hall–Kier alpha value is -2.86. The van der Waals surface area contributed by atoms with Gasteiger partial charge in [0.1, 0.15) is 5.84 Å². The van der Waals surface area contributed by atoms with Gasteiger partial charge in [-0.25, -0.2) is 0 Å². The predicted octanol–water partition coefficient (Wildman–Crippen LogP) is 4.47. The maximum atomic E-state index is 11.6. The van der Waals surface area contributed by atoms with Gasteiger partial charge in [-0.15, -0.1) is 0 Å². The Balaban J connectivity index is 1.63. The Labute approximate surface area is 162 Å². The molecular weight excluding hydrogens is 356 g/mol. The molecule has 0 spiro atoms. The highest BCUT2D eigenvalue weighted by molar-refractivity contribution is 8.18. The molecule has 3 aromatic rings. The van der Waals surface area contributed by atoms with Crippen molar-refractivity contribution in [2.75, 3.05) is 7.05 Å². The molecule has 0 bridgehead atoms. The minimum atomic E-state index is -0.0923. The summed E-state index contributed by atoms with van der Waals surface area (Å²) in [7, 11) is 1.68. The Bertz CT molecular complexity index is 1080. The van der Waals surface area contributed by atoms with Crippen molar-refractivity contribution in [2.45, 2.75) is 19.9 Å². The summed E-state index contributed by atoms with van der Waals surface area (Å²) >= 11 is 1.17. The number of amidine groups is 1. The fourth-order valence-electron chi connectivity index (χ4n) is 3.24. The summed E-state index contributed by atoms with van der Waals surface area (Å²) in [5.41, 5.74) is 4.63.